The number of carbonyl (C=O) groups excluding carboxylic acids is 1. The van der Waals surface area contributed by atoms with Crippen molar-refractivity contribution in [3.63, 3.8) is 0 Å². The molecule has 1 unspecified atom stereocenters. The van der Waals surface area contributed by atoms with Crippen molar-refractivity contribution in [2.45, 2.75) is 32.5 Å². The Morgan fingerprint density at radius 2 is 2.20 bits per heavy atom. The smallest absolute Gasteiger partial charge is 0.424 e. The molecule has 0 bridgehead atoms. The monoisotopic (exact) mass is 337 g/mol. The molecule has 2 aromatic rings. The molecule has 1 aromatic heterocycles. The quantitative estimate of drug-likeness (QED) is 0.621. The minimum Gasteiger partial charge on any atom is -0.424 e. The molecule has 0 N–H and O–H groups in total. The van der Waals surface area contributed by atoms with Gasteiger partial charge in [-0.25, -0.2) is 4.98 Å². The van der Waals surface area contributed by atoms with Gasteiger partial charge in [0.15, 0.2) is 0 Å². The SMILES string of the molecule is CC1OB(c2ccc(Oc3nccc(C#N)n3)cc2C=O)OC1(C)C. The van der Waals surface area contributed by atoms with Gasteiger partial charge in [0.25, 0.3) is 0 Å². The lowest BCUT2D eigenvalue weighted by Crippen LogP contribution is -2.36. The highest BCUT2D eigenvalue weighted by Crippen LogP contribution is 2.28. The predicted molar refractivity (Wildman–Crippen MR) is 89.7 cm³/mol. The highest BCUT2D eigenvalue weighted by atomic mass is 16.7. The van der Waals surface area contributed by atoms with Crippen LogP contribution in [0, 0.1) is 11.3 Å². The van der Waals surface area contributed by atoms with Gasteiger partial charge in [-0.2, -0.15) is 10.2 Å². The molecule has 0 saturated carbocycles. The van der Waals surface area contributed by atoms with Crippen LogP contribution in [0.25, 0.3) is 0 Å². The summed E-state index contributed by atoms with van der Waals surface area (Å²) in [4.78, 5) is 19.4. The molecule has 0 radical (unpaired) electrons. The average Bonchev–Trinajstić information content (AvgIpc) is 2.87. The molecule has 3 rings (SSSR count). The van der Waals surface area contributed by atoms with Gasteiger partial charge in [0.05, 0.1) is 11.7 Å². The molecule has 1 atom stereocenters. The van der Waals surface area contributed by atoms with Crippen molar-refractivity contribution in [1.82, 2.24) is 9.97 Å². The maximum atomic E-state index is 11.5. The number of rotatable bonds is 4. The number of hydrogen-bond donors (Lipinski definition) is 0. The lowest BCUT2D eigenvalue weighted by molar-refractivity contribution is 0.0842. The Hall–Kier alpha value is -2.76. The van der Waals surface area contributed by atoms with E-state index in [0.29, 0.717) is 16.8 Å². The fourth-order valence-electron chi connectivity index (χ4n) is 2.38. The van der Waals surface area contributed by atoms with Crippen LogP contribution in [-0.2, 0) is 9.31 Å². The second-order valence-corrected chi connectivity index (χ2v) is 6.18. The lowest BCUT2D eigenvalue weighted by Gasteiger charge is -2.21. The van der Waals surface area contributed by atoms with E-state index >= 15 is 0 Å². The molecule has 1 saturated heterocycles. The summed E-state index contributed by atoms with van der Waals surface area (Å²) in [6.45, 7) is 5.81. The van der Waals surface area contributed by atoms with Gasteiger partial charge in [0.1, 0.15) is 23.8 Å². The van der Waals surface area contributed by atoms with Gasteiger partial charge in [0.2, 0.25) is 0 Å². The first-order valence-corrected chi connectivity index (χ1v) is 7.76. The molecule has 1 aliphatic rings. The Bertz CT molecular complexity index is 850. The van der Waals surface area contributed by atoms with Crippen LogP contribution in [0.5, 0.6) is 11.8 Å². The van der Waals surface area contributed by atoms with E-state index in [4.69, 9.17) is 19.3 Å². The minimum absolute atomic E-state index is 0.0340. The number of aromatic nitrogens is 2. The normalized spacial score (nSPS) is 18.6. The van der Waals surface area contributed by atoms with E-state index in [9.17, 15) is 4.79 Å². The molecular weight excluding hydrogens is 321 g/mol. The molecule has 1 aliphatic heterocycles. The summed E-state index contributed by atoms with van der Waals surface area (Å²) < 4.78 is 17.2. The number of ether oxygens (including phenoxy) is 1. The van der Waals surface area contributed by atoms with E-state index in [-0.39, 0.29) is 17.8 Å². The Kier molecular flexibility index (Phi) is 4.53. The molecule has 1 aromatic carbocycles. The molecule has 25 heavy (non-hydrogen) atoms. The number of nitriles is 1. The standard InChI is InChI=1S/C17H16BN3O4/c1-11-17(2,3)25-18(24-11)15-5-4-14(8-12(15)10-22)23-16-20-7-6-13(9-19)21-16/h4-8,10-11H,1-3H3. The summed E-state index contributed by atoms with van der Waals surface area (Å²) in [5.74, 6) is 0.381. The molecule has 126 valence electrons. The van der Waals surface area contributed by atoms with Gasteiger partial charge in [-0.1, -0.05) is 6.07 Å². The van der Waals surface area contributed by atoms with Crippen molar-refractivity contribution in [3.8, 4) is 17.8 Å². The highest BCUT2D eigenvalue weighted by molar-refractivity contribution is 6.63. The summed E-state index contributed by atoms with van der Waals surface area (Å²) in [5.41, 5.74) is 0.780. The highest BCUT2D eigenvalue weighted by Gasteiger charge is 2.44. The third-order valence-electron chi connectivity index (χ3n) is 4.11. The first kappa shape index (κ1) is 17.1. The van der Waals surface area contributed by atoms with Crippen molar-refractivity contribution in [1.29, 1.82) is 5.26 Å². The number of hydrogen-bond acceptors (Lipinski definition) is 7. The van der Waals surface area contributed by atoms with Crippen LogP contribution in [0.2, 0.25) is 0 Å². The second-order valence-electron chi connectivity index (χ2n) is 6.18. The first-order valence-electron chi connectivity index (χ1n) is 7.76. The van der Waals surface area contributed by atoms with Gasteiger partial charge >= 0.3 is 13.1 Å². The number of benzene rings is 1. The lowest BCUT2D eigenvalue weighted by atomic mass is 9.76. The largest absolute Gasteiger partial charge is 0.495 e. The number of carbonyl (C=O) groups is 1. The predicted octanol–water partition coefficient (Wildman–Crippen LogP) is 1.86. The van der Waals surface area contributed by atoms with E-state index in [1.807, 2.05) is 26.8 Å². The minimum atomic E-state index is -0.614. The van der Waals surface area contributed by atoms with E-state index < -0.39 is 12.7 Å². The van der Waals surface area contributed by atoms with E-state index in [1.54, 1.807) is 18.2 Å². The van der Waals surface area contributed by atoms with E-state index in [2.05, 4.69) is 9.97 Å². The Labute approximate surface area is 145 Å². The molecule has 0 aliphatic carbocycles. The molecular formula is C17H16BN3O4. The van der Waals surface area contributed by atoms with E-state index in [0.717, 1.165) is 6.29 Å². The van der Waals surface area contributed by atoms with E-state index in [1.165, 1.54) is 12.3 Å². The van der Waals surface area contributed by atoms with Crippen molar-refractivity contribution in [2.75, 3.05) is 0 Å². The summed E-state index contributed by atoms with van der Waals surface area (Å²) in [7, 11) is -0.614. The average molecular weight is 337 g/mol. The van der Waals surface area contributed by atoms with Crippen LogP contribution in [0.1, 0.15) is 36.8 Å². The van der Waals surface area contributed by atoms with Crippen molar-refractivity contribution in [2.24, 2.45) is 0 Å². The van der Waals surface area contributed by atoms with Gasteiger partial charge < -0.3 is 14.0 Å². The Morgan fingerprint density at radius 1 is 1.40 bits per heavy atom. The zero-order chi connectivity index (χ0) is 18.0. The maximum absolute atomic E-state index is 11.5. The molecule has 7 nitrogen and oxygen atoms in total. The molecule has 8 heteroatoms. The van der Waals surface area contributed by atoms with Crippen LogP contribution >= 0.6 is 0 Å². The molecule has 1 fully saturated rings. The third-order valence-corrected chi connectivity index (χ3v) is 4.11. The fourth-order valence-corrected chi connectivity index (χ4v) is 2.38. The summed E-state index contributed by atoms with van der Waals surface area (Å²) in [5, 5.41) is 8.86. The Morgan fingerprint density at radius 3 is 2.84 bits per heavy atom. The summed E-state index contributed by atoms with van der Waals surface area (Å²) in [6, 6.07) is 8.38. The number of aldehydes is 1. The van der Waals surface area contributed by atoms with Crippen LogP contribution in [0.4, 0.5) is 0 Å². The van der Waals surface area contributed by atoms with Crippen molar-refractivity contribution >= 4 is 18.9 Å². The van der Waals surface area contributed by atoms with Crippen LogP contribution in [0.15, 0.2) is 30.5 Å². The van der Waals surface area contributed by atoms with Crippen LogP contribution < -0.4 is 10.2 Å². The maximum Gasteiger partial charge on any atom is 0.495 e. The first-order chi connectivity index (χ1) is 11.9. The second kappa shape index (κ2) is 6.63. The zero-order valence-electron chi connectivity index (χ0n) is 14.1. The topological polar surface area (TPSA) is 94.3 Å². The van der Waals surface area contributed by atoms with Crippen LogP contribution in [0.3, 0.4) is 0 Å². The zero-order valence-corrected chi connectivity index (χ0v) is 14.1. The molecule has 0 spiro atoms. The molecule has 2 heterocycles. The van der Waals surface area contributed by atoms with Crippen molar-refractivity contribution in [3.05, 3.63) is 41.7 Å². The van der Waals surface area contributed by atoms with Crippen molar-refractivity contribution < 1.29 is 18.8 Å². The Balaban J connectivity index is 1.85. The fraction of sp³-hybridized carbons (Fsp3) is 0.294. The third kappa shape index (κ3) is 3.53. The van der Waals surface area contributed by atoms with Gasteiger partial charge in [-0.15, -0.1) is 0 Å². The van der Waals surface area contributed by atoms with Gasteiger partial charge in [-0.3, -0.25) is 4.79 Å². The number of nitrogens with zero attached hydrogens (tertiary/aromatic N) is 3. The van der Waals surface area contributed by atoms with Crippen LogP contribution in [-0.4, -0.2) is 35.1 Å². The summed E-state index contributed by atoms with van der Waals surface area (Å²) in [6.07, 6.45) is 2.05. The molecule has 0 amide bonds. The van der Waals surface area contributed by atoms with Gasteiger partial charge in [-0.05, 0) is 44.4 Å². The van der Waals surface area contributed by atoms with Gasteiger partial charge in [0, 0.05) is 11.8 Å². The summed E-state index contributed by atoms with van der Waals surface area (Å²) >= 11 is 0.